The van der Waals surface area contributed by atoms with Crippen LogP contribution in [-0.4, -0.2) is 56.3 Å². The number of thiol groups is 1. The second-order valence-corrected chi connectivity index (χ2v) is 6.20. The van der Waals surface area contributed by atoms with Crippen molar-refractivity contribution in [2.24, 2.45) is 0 Å². The van der Waals surface area contributed by atoms with Gasteiger partial charge in [0.2, 0.25) is 0 Å². The summed E-state index contributed by atoms with van der Waals surface area (Å²) in [7, 11) is -2.34. The van der Waals surface area contributed by atoms with Crippen LogP contribution < -0.4 is 0 Å². The summed E-state index contributed by atoms with van der Waals surface area (Å²) in [6.07, 6.45) is 8.04. The molecule has 0 aromatic rings. The van der Waals surface area contributed by atoms with E-state index >= 15 is 0 Å². The lowest BCUT2D eigenvalue weighted by Gasteiger charge is -2.35. The zero-order valence-corrected chi connectivity index (χ0v) is 11.3. The van der Waals surface area contributed by atoms with Gasteiger partial charge in [-0.3, -0.25) is 4.90 Å². The SMILES string of the molecule is O=[SH](=O)C(CN1CCCCC1)N1CC[CH]CC1. The second-order valence-electron chi connectivity index (χ2n) is 5.03. The van der Waals surface area contributed by atoms with Crippen LogP contribution in [0.2, 0.25) is 0 Å². The van der Waals surface area contributed by atoms with Crippen molar-refractivity contribution >= 4 is 10.7 Å². The Hall–Kier alpha value is -0.130. The molecule has 2 heterocycles. The minimum absolute atomic E-state index is 0.267. The molecule has 2 saturated heterocycles. The van der Waals surface area contributed by atoms with Crippen molar-refractivity contribution in [3.8, 4) is 0 Å². The van der Waals surface area contributed by atoms with E-state index in [1.165, 1.54) is 19.3 Å². The summed E-state index contributed by atoms with van der Waals surface area (Å²) in [5, 5.41) is -0.267. The Labute approximate surface area is 106 Å². The van der Waals surface area contributed by atoms with Crippen molar-refractivity contribution in [1.82, 2.24) is 9.80 Å². The monoisotopic (exact) mass is 259 g/mol. The molecular formula is C12H23N2O2S. The van der Waals surface area contributed by atoms with Crippen molar-refractivity contribution in [3.63, 3.8) is 0 Å². The average Bonchev–Trinajstić information content (AvgIpc) is 2.38. The minimum Gasteiger partial charge on any atom is -0.301 e. The molecule has 0 amide bonds. The summed E-state index contributed by atoms with van der Waals surface area (Å²) in [5.41, 5.74) is 0. The Morgan fingerprint density at radius 1 is 1.00 bits per heavy atom. The van der Waals surface area contributed by atoms with E-state index in [0.29, 0.717) is 6.54 Å². The number of hydrogen-bond donors (Lipinski definition) is 1. The molecule has 0 aromatic carbocycles. The predicted octanol–water partition coefficient (Wildman–Crippen LogP) is 0.710. The summed E-state index contributed by atoms with van der Waals surface area (Å²) in [6, 6.07) is 0. The summed E-state index contributed by atoms with van der Waals surface area (Å²) >= 11 is 0. The van der Waals surface area contributed by atoms with Crippen LogP contribution >= 0.6 is 0 Å². The molecule has 99 valence electrons. The third-order valence-electron chi connectivity index (χ3n) is 3.78. The Bertz CT molecular complexity index is 287. The number of nitrogens with zero attached hydrogens (tertiary/aromatic N) is 2. The lowest BCUT2D eigenvalue weighted by molar-refractivity contribution is 0.156. The third-order valence-corrected chi connectivity index (χ3v) is 4.75. The minimum atomic E-state index is -2.34. The smallest absolute Gasteiger partial charge is 0.157 e. The highest BCUT2D eigenvalue weighted by atomic mass is 32.2. The molecule has 17 heavy (non-hydrogen) atoms. The molecule has 5 heteroatoms. The highest BCUT2D eigenvalue weighted by Crippen LogP contribution is 2.15. The van der Waals surface area contributed by atoms with Crippen LogP contribution in [0.15, 0.2) is 0 Å². The maximum Gasteiger partial charge on any atom is 0.157 e. The largest absolute Gasteiger partial charge is 0.301 e. The maximum absolute atomic E-state index is 11.4. The fourth-order valence-corrected chi connectivity index (χ4v) is 3.62. The molecule has 2 rings (SSSR count). The molecule has 1 radical (unpaired) electrons. The van der Waals surface area contributed by atoms with Gasteiger partial charge in [0.1, 0.15) is 5.37 Å². The van der Waals surface area contributed by atoms with Crippen LogP contribution in [0, 0.1) is 6.42 Å². The highest BCUT2D eigenvalue weighted by Gasteiger charge is 2.25. The molecule has 0 aromatic heterocycles. The first-order valence-corrected chi connectivity index (χ1v) is 7.93. The van der Waals surface area contributed by atoms with Crippen LogP contribution in [0.4, 0.5) is 0 Å². The molecule has 0 spiro atoms. The van der Waals surface area contributed by atoms with Crippen LogP contribution in [0.25, 0.3) is 0 Å². The zero-order chi connectivity index (χ0) is 12.1. The first kappa shape index (κ1) is 13.3. The van der Waals surface area contributed by atoms with Gasteiger partial charge in [0.05, 0.1) is 0 Å². The molecule has 0 saturated carbocycles. The fraction of sp³-hybridized carbons (Fsp3) is 0.917. The third kappa shape index (κ3) is 3.93. The summed E-state index contributed by atoms with van der Waals surface area (Å²) < 4.78 is 22.9. The zero-order valence-electron chi connectivity index (χ0n) is 10.4. The summed E-state index contributed by atoms with van der Waals surface area (Å²) in [4.78, 5) is 4.46. The topological polar surface area (TPSA) is 40.6 Å². The number of hydrogen-bond acceptors (Lipinski definition) is 4. The second kappa shape index (κ2) is 6.71. The molecule has 4 nitrogen and oxygen atoms in total. The first-order valence-electron chi connectivity index (χ1n) is 6.69. The van der Waals surface area contributed by atoms with E-state index in [1.807, 2.05) is 0 Å². The van der Waals surface area contributed by atoms with Crippen molar-refractivity contribution in [3.05, 3.63) is 6.42 Å². The van der Waals surface area contributed by atoms with Gasteiger partial charge in [-0.15, -0.1) is 0 Å². The van der Waals surface area contributed by atoms with Crippen LogP contribution in [0.1, 0.15) is 32.1 Å². The Balaban J connectivity index is 1.91. The highest BCUT2D eigenvalue weighted by molar-refractivity contribution is 7.73. The normalized spacial score (nSPS) is 26.2. The van der Waals surface area contributed by atoms with Gasteiger partial charge in [-0.05, 0) is 58.3 Å². The maximum atomic E-state index is 11.4. The van der Waals surface area contributed by atoms with E-state index in [0.717, 1.165) is 39.0 Å². The van der Waals surface area contributed by atoms with Gasteiger partial charge in [-0.2, -0.15) is 0 Å². The quantitative estimate of drug-likeness (QED) is 0.755. The predicted molar refractivity (Wildman–Crippen MR) is 69.5 cm³/mol. The van der Waals surface area contributed by atoms with Crippen molar-refractivity contribution in [1.29, 1.82) is 0 Å². The standard InChI is InChI=1S/C12H23N2O2S/c15-17(16)12(14-9-5-2-6-10-14)11-13-7-3-1-4-8-13/h2,12,17H,1,3-11H2. The van der Waals surface area contributed by atoms with E-state index in [9.17, 15) is 8.42 Å². The van der Waals surface area contributed by atoms with Gasteiger partial charge in [0.25, 0.3) is 0 Å². The van der Waals surface area contributed by atoms with Crippen LogP contribution in [0.3, 0.4) is 0 Å². The Morgan fingerprint density at radius 2 is 1.65 bits per heavy atom. The van der Waals surface area contributed by atoms with E-state index in [1.54, 1.807) is 0 Å². The van der Waals surface area contributed by atoms with Crippen LogP contribution in [0.5, 0.6) is 0 Å². The number of rotatable bonds is 4. The molecule has 1 atom stereocenters. The molecule has 2 fully saturated rings. The van der Waals surface area contributed by atoms with Gasteiger partial charge >= 0.3 is 0 Å². The van der Waals surface area contributed by atoms with Crippen molar-refractivity contribution < 1.29 is 8.42 Å². The van der Waals surface area contributed by atoms with Crippen LogP contribution in [-0.2, 0) is 10.7 Å². The van der Waals surface area contributed by atoms with Gasteiger partial charge in [-0.1, -0.05) is 6.42 Å². The van der Waals surface area contributed by atoms with E-state index in [-0.39, 0.29) is 5.37 Å². The lowest BCUT2D eigenvalue weighted by atomic mass is 10.1. The lowest BCUT2D eigenvalue weighted by Crippen LogP contribution is -2.48. The molecule has 0 bridgehead atoms. The Morgan fingerprint density at radius 3 is 2.24 bits per heavy atom. The van der Waals surface area contributed by atoms with Crippen molar-refractivity contribution in [2.75, 3.05) is 32.7 Å². The van der Waals surface area contributed by atoms with Gasteiger partial charge in [0.15, 0.2) is 10.7 Å². The van der Waals surface area contributed by atoms with Gasteiger partial charge in [-0.25, -0.2) is 8.42 Å². The fourth-order valence-electron chi connectivity index (χ4n) is 2.76. The summed E-state index contributed by atoms with van der Waals surface area (Å²) in [5.74, 6) is 0. The molecular weight excluding hydrogens is 236 g/mol. The Kier molecular flexibility index (Phi) is 5.25. The van der Waals surface area contributed by atoms with Crippen molar-refractivity contribution in [2.45, 2.75) is 37.5 Å². The number of likely N-dealkylation sites (tertiary alicyclic amines) is 2. The molecule has 2 aliphatic heterocycles. The van der Waals surface area contributed by atoms with E-state index in [2.05, 4.69) is 16.2 Å². The molecule has 2 aliphatic rings. The first-order chi connectivity index (χ1) is 8.27. The van der Waals surface area contributed by atoms with E-state index < -0.39 is 10.7 Å². The average molecular weight is 259 g/mol. The number of piperidine rings is 2. The van der Waals surface area contributed by atoms with E-state index in [4.69, 9.17) is 0 Å². The summed E-state index contributed by atoms with van der Waals surface area (Å²) in [6.45, 7) is 4.65. The molecule has 0 aliphatic carbocycles. The molecule has 0 N–H and O–H groups in total. The van der Waals surface area contributed by atoms with Gasteiger partial charge < -0.3 is 4.90 Å². The van der Waals surface area contributed by atoms with Gasteiger partial charge in [0, 0.05) is 6.54 Å². The molecule has 1 unspecified atom stereocenters.